The van der Waals surface area contributed by atoms with Crippen LogP contribution in [0.5, 0.6) is 11.5 Å². The highest BCUT2D eigenvalue weighted by atomic mass is 32.2. The zero-order valence-corrected chi connectivity index (χ0v) is 11.0. The predicted octanol–water partition coefficient (Wildman–Crippen LogP) is -0.334. The number of halogens is 3. The molecule has 1 rings (SSSR count). The van der Waals surface area contributed by atoms with E-state index in [0.717, 1.165) is 27.1 Å². The highest BCUT2D eigenvalue weighted by Crippen LogP contribution is 2.28. The number of phenols is 1. The maximum atomic E-state index is 12.2. The summed E-state index contributed by atoms with van der Waals surface area (Å²) in [5.41, 5.74) is -6.26. The van der Waals surface area contributed by atoms with Gasteiger partial charge in [0.2, 0.25) is 0 Å². The third-order valence-corrected chi connectivity index (χ3v) is 3.20. The molecule has 0 aromatic heterocycles. The molecule has 0 aliphatic heterocycles. The van der Waals surface area contributed by atoms with Crippen LogP contribution in [-0.2, 0) is 14.9 Å². The molecule has 110 valence electrons. The summed E-state index contributed by atoms with van der Waals surface area (Å²) in [6.07, 6.45) is 0. The van der Waals surface area contributed by atoms with Crippen LogP contribution in [0.3, 0.4) is 0 Å². The van der Waals surface area contributed by atoms with Gasteiger partial charge < -0.3 is 14.0 Å². The van der Waals surface area contributed by atoms with Gasteiger partial charge in [0.05, 0.1) is 12.7 Å². The van der Waals surface area contributed by atoms with Crippen LogP contribution in [0.2, 0.25) is 0 Å². The second-order valence-corrected chi connectivity index (χ2v) is 5.13. The van der Waals surface area contributed by atoms with E-state index < -0.39 is 33.1 Å². The Morgan fingerprint density at radius 1 is 1.35 bits per heavy atom. The minimum atomic E-state index is -5.90. The SMILES string of the molecule is Bc1c(O)cc(C(=O)OC)cc1OS(=O)(=O)C(F)(F)F. The summed E-state index contributed by atoms with van der Waals surface area (Å²) >= 11 is 0. The molecule has 0 amide bonds. The first-order chi connectivity index (χ1) is 8.99. The molecule has 0 radical (unpaired) electrons. The second-order valence-electron chi connectivity index (χ2n) is 3.59. The summed E-state index contributed by atoms with van der Waals surface area (Å²) in [5, 5.41) is 9.46. The summed E-state index contributed by atoms with van der Waals surface area (Å²) in [4.78, 5) is 11.2. The smallest absolute Gasteiger partial charge is 0.508 e. The van der Waals surface area contributed by atoms with Crippen molar-refractivity contribution in [3.8, 4) is 11.5 Å². The molecule has 20 heavy (non-hydrogen) atoms. The van der Waals surface area contributed by atoms with Crippen LogP contribution in [0.4, 0.5) is 13.2 Å². The number of rotatable bonds is 3. The molecule has 1 aromatic rings. The zero-order valence-electron chi connectivity index (χ0n) is 10.2. The number of methoxy groups -OCH3 is 1. The third kappa shape index (κ3) is 3.15. The Morgan fingerprint density at radius 3 is 2.35 bits per heavy atom. The highest BCUT2D eigenvalue weighted by Gasteiger charge is 2.48. The Bertz CT molecular complexity index is 640. The second kappa shape index (κ2) is 5.23. The number of esters is 1. The number of hydrogen-bond acceptors (Lipinski definition) is 6. The first kappa shape index (κ1) is 16.2. The van der Waals surface area contributed by atoms with Crippen LogP contribution in [0, 0.1) is 0 Å². The van der Waals surface area contributed by atoms with Crippen molar-refractivity contribution in [2.45, 2.75) is 5.51 Å². The standard InChI is InChI=1S/C9H8BF3O6S/c1-18-8(15)4-2-5(14)7(10)6(3-4)19-20(16,17)9(11,12)13/h2-3,14H,10H2,1H3. The highest BCUT2D eigenvalue weighted by molar-refractivity contribution is 7.88. The topological polar surface area (TPSA) is 89.9 Å². The molecule has 0 saturated heterocycles. The van der Waals surface area contributed by atoms with E-state index in [1.165, 1.54) is 0 Å². The van der Waals surface area contributed by atoms with Gasteiger partial charge in [0.25, 0.3) is 0 Å². The number of carbonyl (C=O) groups is 1. The molecule has 0 aliphatic carbocycles. The third-order valence-electron chi connectivity index (χ3n) is 2.24. The monoisotopic (exact) mass is 312 g/mol. The van der Waals surface area contributed by atoms with E-state index in [1.807, 2.05) is 0 Å². The molecule has 0 unspecified atom stereocenters. The van der Waals surface area contributed by atoms with Gasteiger partial charge in [0.15, 0.2) is 0 Å². The Balaban J connectivity index is 3.33. The maximum Gasteiger partial charge on any atom is 0.534 e. The lowest BCUT2D eigenvalue weighted by Crippen LogP contribution is -2.30. The molecule has 6 nitrogen and oxygen atoms in total. The van der Waals surface area contributed by atoms with Gasteiger partial charge in [0, 0.05) is 0 Å². The fourth-order valence-corrected chi connectivity index (χ4v) is 1.66. The Labute approximate surface area is 112 Å². The zero-order chi connectivity index (χ0) is 15.7. The van der Waals surface area contributed by atoms with Crippen LogP contribution in [0.15, 0.2) is 12.1 Å². The van der Waals surface area contributed by atoms with Crippen molar-refractivity contribution in [2.75, 3.05) is 7.11 Å². The summed E-state index contributed by atoms with van der Waals surface area (Å²) < 4.78 is 66.6. The number of hydrogen-bond donors (Lipinski definition) is 1. The van der Waals surface area contributed by atoms with Gasteiger partial charge in [-0.05, 0) is 17.6 Å². The molecule has 0 aliphatic rings. The molecule has 0 saturated carbocycles. The number of ether oxygens (including phenoxy) is 1. The van der Waals surface area contributed by atoms with Crippen molar-refractivity contribution in [3.05, 3.63) is 17.7 Å². The number of aromatic hydroxyl groups is 1. The van der Waals surface area contributed by atoms with Gasteiger partial charge in [-0.2, -0.15) is 21.6 Å². The average Bonchev–Trinajstić information content (AvgIpc) is 2.31. The molecule has 1 aromatic carbocycles. The normalized spacial score (nSPS) is 12.0. The Hall–Kier alpha value is -1.91. The lowest BCUT2D eigenvalue weighted by atomic mass is 9.92. The Morgan fingerprint density at radius 2 is 1.90 bits per heavy atom. The predicted molar refractivity (Wildman–Crippen MR) is 63.2 cm³/mol. The lowest BCUT2D eigenvalue weighted by Gasteiger charge is -2.13. The van der Waals surface area contributed by atoms with E-state index >= 15 is 0 Å². The number of phenolic OH excluding ortho intramolecular Hbond substituents is 1. The number of carbonyl (C=O) groups excluding carboxylic acids is 1. The van der Waals surface area contributed by atoms with Gasteiger partial charge in [-0.25, -0.2) is 4.79 Å². The van der Waals surface area contributed by atoms with Gasteiger partial charge in [-0.15, -0.1) is 0 Å². The van der Waals surface area contributed by atoms with Crippen molar-refractivity contribution >= 4 is 29.4 Å². The van der Waals surface area contributed by atoms with E-state index in [9.17, 15) is 31.5 Å². The average molecular weight is 312 g/mol. The van der Waals surface area contributed by atoms with Crippen molar-refractivity contribution in [1.82, 2.24) is 0 Å². The van der Waals surface area contributed by atoms with E-state index in [0.29, 0.717) is 0 Å². The van der Waals surface area contributed by atoms with Crippen LogP contribution in [-0.4, -0.2) is 40.0 Å². The minimum Gasteiger partial charge on any atom is -0.508 e. The van der Waals surface area contributed by atoms with E-state index in [-0.39, 0.29) is 11.0 Å². The molecular weight excluding hydrogens is 304 g/mol. The van der Waals surface area contributed by atoms with Gasteiger partial charge >= 0.3 is 21.6 Å². The molecule has 1 N–H and O–H groups in total. The summed E-state index contributed by atoms with van der Waals surface area (Å²) in [6.45, 7) is 0. The summed E-state index contributed by atoms with van der Waals surface area (Å²) in [5.74, 6) is -2.41. The number of benzene rings is 1. The number of alkyl halides is 3. The van der Waals surface area contributed by atoms with Gasteiger partial charge in [-0.1, -0.05) is 0 Å². The maximum absolute atomic E-state index is 12.2. The molecule has 11 heteroatoms. The van der Waals surface area contributed by atoms with Gasteiger partial charge in [0.1, 0.15) is 19.3 Å². The van der Waals surface area contributed by atoms with Crippen LogP contribution >= 0.6 is 0 Å². The van der Waals surface area contributed by atoms with E-state index in [2.05, 4.69) is 8.92 Å². The van der Waals surface area contributed by atoms with Crippen LogP contribution < -0.4 is 9.65 Å². The molecular formula is C9H8BF3O6S. The lowest BCUT2D eigenvalue weighted by molar-refractivity contribution is -0.0499. The fourth-order valence-electron chi connectivity index (χ4n) is 1.16. The van der Waals surface area contributed by atoms with E-state index in [1.54, 1.807) is 0 Å². The molecule has 0 spiro atoms. The molecule has 0 heterocycles. The largest absolute Gasteiger partial charge is 0.534 e. The summed E-state index contributed by atoms with van der Waals surface area (Å²) in [7, 11) is -3.77. The van der Waals surface area contributed by atoms with Crippen molar-refractivity contribution in [3.63, 3.8) is 0 Å². The van der Waals surface area contributed by atoms with Crippen molar-refractivity contribution < 1.29 is 40.4 Å². The minimum absolute atomic E-state index is 0.273. The first-order valence-corrected chi connectivity index (χ1v) is 6.33. The fraction of sp³-hybridized carbons (Fsp3) is 0.222. The molecule has 0 bridgehead atoms. The van der Waals surface area contributed by atoms with Gasteiger partial charge in [-0.3, -0.25) is 0 Å². The van der Waals surface area contributed by atoms with Crippen molar-refractivity contribution in [2.24, 2.45) is 0 Å². The first-order valence-electron chi connectivity index (χ1n) is 4.92. The molecule has 0 fully saturated rings. The molecule has 0 atom stereocenters. The van der Waals surface area contributed by atoms with Crippen LogP contribution in [0.1, 0.15) is 10.4 Å². The quantitative estimate of drug-likeness (QED) is 0.356. The van der Waals surface area contributed by atoms with Crippen LogP contribution in [0.25, 0.3) is 0 Å². The van der Waals surface area contributed by atoms with E-state index in [4.69, 9.17) is 0 Å². The Kier molecular flexibility index (Phi) is 4.22. The van der Waals surface area contributed by atoms with Crippen molar-refractivity contribution in [1.29, 1.82) is 0 Å². The summed E-state index contributed by atoms with van der Waals surface area (Å²) in [6, 6.07) is 1.64.